The SMILES string of the molecule is Cc1cccc(C(C)(O)CC(N)OCc2cc(C(F)(F)F)cc(C(F)(F)F)c2)c1. The maximum Gasteiger partial charge on any atom is 0.416 e. The van der Waals surface area contributed by atoms with Crippen molar-refractivity contribution in [3.63, 3.8) is 0 Å². The lowest BCUT2D eigenvalue weighted by Gasteiger charge is -2.27. The van der Waals surface area contributed by atoms with E-state index in [0.29, 0.717) is 17.7 Å². The first kappa shape index (κ1) is 23.2. The van der Waals surface area contributed by atoms with Crippen LogP contribution in [0.3, 0.4) is 0 Å². The average Bonchev–Trinajstić information content (AvgIpc) is 2.58. The molecule has 0 saturated carbocycles. The van der Waals surface area contributed by atoms with Crippen LogP contribution < -0.4 is 5.73 Å². The van der Waals surface area contributed by atoms with Gasteiger partial charge in [0, 0.05) is 6.42 Å². The van der Waals surface area contributed by atoms with E-state index in [0.717, 1.165) is 5.56 Å². The Hall–Kier alpha value is -2.10. The van der Waals surface area contributed by atoms with Crippen LogP contribution in [-0.4, -0.2) is 11.3 Å². The highest BCUT2D eigenvalue weighted by atomic mass is 19.4. The Balaban J connectivity index is 2.14. The van der Waals surface area contributed by atoms with E-state index in [-0.39, 0.29) is 18.1 Å². The first-order valence-electron chi connectivity index (χ1n) is 8.63. The van der Waals surface area contributed by atoms with Crippen LogP contribution in [0.1, 0.15) is 41.2 Å². The first-order valence-corrected chi connectivity index (χ1v) is 8.63. The molecule has 0 aliphatic carbocycles. The van der Waals surface area contributed by atoms with Crippen LogP contribution >= 0.6 is 0 Å². The molecule has 0 saturated heterocycles. The van der Waals surface area contributed by atoms with Crippen molar-refractivity contribution in [2.75, 3.05) is 0 Å². The topological polar surface area (TPSA) is 55.5 Å². The Labute approximate surface area is 164 Å². The number of benzene rings is 2. The summed E-state index contributed by atoms with van der Waals surface area (Å²) in [6.45, 7) is 2.76. The molecule has 3 N–H and O–H groups in total. The van der Waals surface area contributed by atoms with Crippen molar-refractivity contribution in [3.8, 4) is 0 Å². The largest absolute Gasteiger partial charge is 0.416 e. The normalized spacial score (nSPS) is 15.8. The van der Waals surface area contributed by atoms with Gasteiger partial charge in [-0.15, -0.1) is 0 Å². The van der Waals surface area contributed by atoms with Crippen molar-refractivity contribution in [2.24, 2.45) is 5.73 Å². The van der Waals surface area contributed by atoms with Crippen molar-refractivity contribution >= 4 is 0 Å². The molecule has 0 radical (unpaired) electrons. The number of aryl methyl sites for hydroxylation is 1. The summed E-state index contributed by atoms with van der Waals surface area (Å²) in [7, 11) is 0. The Bertz CT molecular complexity index is 813. The molecular formula is C20H21F6NO2. The Morgan fingerprint density at radius 2 is 1.48 bits per heavy atom. The summed E-state index contributed by atoms with van der Waals surface area (Å²) in [4.78, 5) is 0. The van der Waals surface area contributed by atoms with E-state index in [2.05, 4.69) is 0 Å². The lowest BCUT2D eigenvalue weighted by molar-refractivity contribution is -0.143. The molecule has 29 heavy (non-hydrogen) atoms. The number of halogens is 6. The molecule has 2 unspecified atom stereocenters. The predicted octanol–water partition coefficient (Wildman–Crippen LogP) is 5.13. The van der Waals surface area contributed by atoms with Gasteiger partial charge in [-0.2, -0.15) is 26.3 Å². The second-order valence-electron chi connectivity index (χ2n) is 7.11. The lowest BCUT2D eigenvalue weighted by Crippen LogP contribution is -2.34. The van der Waals surface area contributed by atoms with E-state index >= 15 is 0 Å². The maximum absolute atomic E-state index is 12.9. The van der Waals surface area contributed by atoms with Gasteiger partial charge in [-0.25, -0.2) is 0 Å². The van der Waals surface area contributed by atoms with Crippen LogP contribution in [0.4, 0.5) is 26.3 Å². The molecule has 2 rings (SSSR count). The number of rotatable bonds is 6. The van der Waals surface area contributed by atoms with Crippen LogP contribution in [0.2, 0.25) is 0 Å². The molecule has 3 nitrogen and oxygen atoms in total. The summed E-state index contributed by atoms with van der Waals surface area (Å²) in [6.07, 6.45) is -11.1. The van der Waals surface area contributed by atoms with Crippen LogP contribution in [0.5, 0.6) is 0 Å². The van der Waals surface area contributed by atoms with Crippen LogP contribution in [0.15, 0.2) is 42.5 Å². The highest BCUT2D eigenvalue weighted by Crippen LogP contribution is 2.36. The van der Waals surface area contributed by atoms with Crippen molar-refractivity contribution in [3.05, 3.63) is 70.3 Å². The van der Waals surface area contributed by atoms with Gasteiger partial charge in [0.15, 0.2) is 0 Å². The molecule has 2 aromatic rings. The van der Waals surface area contributed by atoms with Gasteiger partial charge in [0.05, 0.1) is 23.3 Å². The zero-order chi connectivity index (χ0) is 22.0. The molecule has 2 atom stereocenters. The summed E-state index contributed by atoms with van der Waals surface area (Å²) >= 11 is 0. The van der Waals surface area contributed by atoms with Gasteiger partial charge >= 0.3 is 12.4 Å². The molecular weight excluding hydrogens is 400 g/mol. The maximum atomic E-state index is 12.9. The molecule has 0 spiro atoms. The third-order valence-corrected chi connectivity index (χ3v) is 4.35. The van der Waals surface area contributed by atoms with Crippen molar-refractivity contribution in [2.45, 2.75) is 51.1 Å². The van der Waals surface area contributed by atoms with E-state index in [4.69, 9.17) is 10.5 Å². The van der Waals surface area contributed by atoms with E-state index in [9.17, 15) is 31.4 Å². The Morgan fingerprint density at radius 1 is 0.931 bits per heavy atom. The molecule has 0 bridgehead atoms. The third-order valence-electron chi connectivity index (χ3n) is 4.35. The number of hydrogen-bond acceptors (Lipinski definition) is 3. The first-order chi connectivity index (χ1) is 13.2. The third kappa shape index (κ3) is 6.45. The van der Waals surface area contributed by atoms with Crippen molar-refractivity contribution in [1.29, 1.82) is 0 Å². The highest BCUT2D eigenvalue weighted by Gasteiger charge is 2.37. The molecule has 0 amide bonds. The number of alkyl halides is 6. The minimum Gasteiger partial charge on any atom is -0.385 e. The zero-order valence-electron chi connectivity index (χ0n) is 15.7. The molecule has 160 valence electrons. The fraction of sp³-hybridized carbons (Fsp3) is 0.400. The molecule has 0 aliphatic heterocycles. The predicted molar refractivity (Wildman–Crippen MR) is 94.6 cm³/mol. The Morgan fingerprint density at radius 3 is 1.97 bits per heavy atom. The van der Waals surface area contributed by atoms with E-state index in [1.165, 1.54) is 6.92 Å². The van der Waals surface area contributed by atoms with Crippen molar-refractivity contribution < 1.29 is 36.2 Å². The summed E-state index contributed by atoms with van der Waals surface area (Å²) in [5.41, 5.74) is 2.71. The van der Waals surface area contributed by atoms with Crippen LogP contribution in [0, 0.1) is 6.92 Å². The second-order valence-corrected chi connectivity index (χ2v) is 7.11. The monoisotopic (exact) mass is 421 g/mol. The second kappa shape index (κ2) is 8.33. The molecule has 0 aromatic heterocycles. The van der Waals surface area contributed by atoms with Gasteiger partial charge in [-0.05, 0) is 43.2 Å². The van der Waals surface area contributed by atoms with Gasteiger partial charge in [0.2, 0.25) is 0 Å². The average molecular weight is 421 g/mol. The molecule has 0 aliphatic rings. The van der Waals surface area contributed by atoms with Crippen LogP contribution in [-0.2, 0) is 29.3 Å². The quantitative estimate of drug-likeness (QED) is 0.502. The summed E-state index contributed by atoms with van der Waals surface area (Å²) in [5.74, 6) is 0. The smallest absolute Gasteiger partial charge is 0.385 e. The van der Waals surface area contributed by atoms with Gasteiger partial charge in [0.1, 0.15) is 6.23 Å². The van der Waals surface area contributed by atoms with Gasteiger partial charge < -0.3 is 15.6 Å². The molecule has 0 fully saturated rings. The lowest BCUT2D eigenvalue weighted by atomic mass is 9.91. The minimum absolute atomic E-state index is 0.0476. The zero-order valence-corrected chi connectivity index (χ0v) is 15.7. The van der Waals surface area contributed by atoms with E-state index < -0.39 is 41.9 Å². The minimum atomic E-state index is -4.94. The fourth-order valence-corrected chi connectivity index (χ4v) is 2.85. The number of hydrogen-bond donors (Lipinski definition) is 2. The van der Waals surface area contributed by atoms with Gasteiger partial charge in [-0.1, -0.05) is 29.8 Å². The standard InChI is InChI=1S/C20H21F6NO2/c1-12-4-3-5-14(6-12)18(2,28)10-17(27)29-11-13-7-15(19(21,22)23)9-16(8-13)20(24,25)26/h3-9,17,28H,10-11,27H2,1-2H3. The number of nitrogens with two attached hydrogens (primary N) is 1. The molecule has 2 aromatic carbocycles. The van der Waals surface area contributed by atoms with Gasteiger partial charge in [0.25, 0.3) is 0 Å². The number of ether oxygens (including phenoxy) is 1. The van der Waals surface area contributed by atoms with E-state index in [1.54, 1.807) is 18.2 Å². The molecule has 0 heterocycles. The molecule has 9 heteroatoms. The Kier molecular flexibility index (Phi) is 6.66. The summed E-state index contributed by atoms with van der Waals surface area (Å²) in [5, 5.41) is 10.6. The highest BCUT2D eigenvalue weighted by molar-refractivity contribution is 5.33. The van der Waals surface area contributed by atoms with E-state index in [1.807, 2.05) is 13.0 Å². The summed E-state index contributed by atoms with van der Waals surface area (Å²) < 4.78 is 82.7. The summed E-state index contributed by atoms with van der Waals surface area (Å²) in [6, 6.07) is 8.22. The van der Waals surface area contributed by atoms with Crippen LogP contribution in [0.25, 0.3) is 0 Å². The number of aliphatic hydroxyl groups is 1. The van der Waals surface area contributed by atoms with Gasteiger partial charge in [-0.3, -0.25) is 0 Å². The fourth-order valence-electron chi connectivity index (χ4n) is 2.85. The van der Waals surface area contributed by atoms with Crippen molar-refractivity contribution in [1.82, 2.24) is 0 Å².